The monoisotopic (exact) mass is 355 g/mol. The molecule has 0 fully saturated rings. The number of nitrogens with zero attached hydrogens (tertiary/aromatic N) is 3. The van der Waals surface area contributed by atoms with E-state index in [9.17, 15) is 9.18 Å². The van der Waals surface area contributed by atoms with E-state index in [1.165, 1.54) is 16.8 Å². The lowest BCUT2D eigenvalue weighted by Crippen LogP contribution is -2.24. The maximum absolute atomic E-state index is 13.0. The van der Waals surface area contributed by atoms with Crippen LogP contribution in [0, 0.1) is 5.82 Å². The Balaban J connectivity index is 1.68. The summed E-state index contributed by atoms with van der Waals surface area (Å²) in [4.78, 5) is 12.4. The minimum atomic E-state index is -0.432. The highest BCUT2D eigenvalue weighted by Crippen LogP contribution is 2.17. The van der Waals surface area contributed by atoms with Crippen LogP contribution in [0.2, 0.25) is 0 Å². The second-order valence-corrected chi connectivity index (χ2v) is 5.60. The summed E-state index contributed by atoms with van der Waals surface area (Å²) in [5.41, 5.74) is 7.66. The zero-order chi connectivity index (χ0) is 18.5. The average Bonchev–Trinajstić information content (AvgIpc) is 3.02. The number of hydrogen-bond acceptors (Lipinski definition) is 5. The Labute approximate surface area is 149 Å². The number of halogens is 1. The van der Waals surface area contributed by atoms with Gasteiger partial charge in [-0.3, -0.25) is 4.79 Å². The standard InChI is InChI=1S/C18H18FN5O2/c1-26-15-5-3-2-4-13(15)10-21-18(25)16-17(20)24(23-22-16)11-12-6-8-14(19)9-7-12/h2-9H,10-11,20H2,1H3,(H,21,25). The van der Waals surface area contributed by atoms with Crippen LogP contribution in [0.4, 0.5) is 10.2 Å². The molecule has 3 N–H and O–H groups in total. The van der Waals surface area contributed by atoms with Crippen molar-refractivity contribution in [2.45, 2.75) is 13.1 Å². The first kappa shape index (κ1) is 17.4. The number of nitrogens with one attached hydrogen (secondary N) is 1. The molecule has 0 unspecified atom stereocenters. The van der Waals surface area contributed by atoms with E-state index in [2.05, 4.69) is 15.6 Å². The van der Waals surface area contributed by atoms with Gasteiger partial charge in [0.1, 0.15) is 11.6 Å². The van der Waals surface area contributed by atoms with E-state index < -0.39 is 5.91 Å². The van der Waals surface area contributed by atoms with Gasteiger partial charge in [-0.15, -0.1) is 5.10 Å². The summed E-state index contributed by atoms with van der Waals surface area (Å²) in [6.07, 6.45) is 0. The van der Waals surface area contributed by atoms with Crippen molar-refractivity contribution in [2.75, 3.05) is 12.8 Å². The molecule has 134 valence electrons. The lowest BCUT2D eigenvalue weighted by Gasteiger charge is -2.09. The number of rotatable bonds is 6. The van der Waals surface area contributed by atoms with Crippen LogP contribution in [0.1, 0.15) is 21.6 Å². The molecule has 2 aromatic carbocycles. The third kappa shape index (κ3) is 3.80. The van der Waals surface area contributed by atoms with Crippen LogP contribution in [-0.4, -0.2) is 28.0 Å². The zero-order valence-corrected chi connectivity index (χ0v) is 14.1. The molecule has 1 heterocycles. The van der Waals surface area contributed by atoms with Crippen LogP contribution < -0.4 is 15.8 Å². The maximum atomic E-state index is 13.0. The van der Waals surface area contributed by atoms with E-state index in [1.54, 1.807) is 19.2 Å². The topological polar surface area (TPSA) is 95.1 Å². The van der Waals surface area contributed by atoms with Gasteiger partial charge in [-0.05, 0) is 23.8 Å². The number of nitrogens with two attached hydrogens (primary N) is 1. The van der Waals surface area contributed by atoms with Gasteiger partial charge in [0.25, 0.3) is 5.91 Å². The van der Waals surface area contributed by atoms with E-state index in [0.717, 1.165) is 11.1 Å². The first-order valence-electron chi connectivity index (χ1n) is 7.92. The van der Waals surface area contributed by atoms with Gasteiger partial charge in [0.05, 0.1) is 13.7 Å². The van der Waals surface area contributed by atoms with Crippen LogP contribution >= 0.6 is 0 Å². The van der Waals surface area contributed by atoms with E-state index in [4.69, 9.17) is 10.5 Å². The fourth-order valence-corrected chi connectivity index (χ4v) is 2.47. The third-order valence-corrected chi connectivity index (χ3v) is 3.87. The normalized spacial score (nSPS) is 10.5. The Kier molecular flexibility index (Phi) is 5.12. The van der Waals surface area contributed by atoms with Crippen LogP contribution in [0.15, 0.2) is 48.5 Å². The highest BCUT2D eigenvalue weighted by molar-refractivity contribution is 5.96. The third-order valence-electron chi connectivity index (χ3n) is 3.87. The number of carbonyl (C=O) groups excluding carboxylic acids is 1. The van der Waals surface area contributed by atoms with Gasteiger partial charge in [-0.1, -0.05) is 35.5 Å². The van der Waals surface area contributed by atoms with Gasteiger partial charge in [-0.25, -0.2) is 9.07 Å². The number of ether oxygens (including phenoxy) is 1. The molecule has 0 saturated carbocycles. The molecule has 0 spiro atoms. The lowest BCUT2D eigenvalue weighted by molar-refractivity contribution is 0.0946. The molecule has 0 saturated heterocycles. The van der Waals surface area contributed by atoms with Crippen LogP contribution in [-0.2, 0) is 13.1 Å². The van der Waals surface area contributed by atoms with E-state index in [1.807, 2.05) is 24.3 Å². The van der Waals surface area contributed by atoms with Gasteiger partial charge in [0.2, 0.25) is 0 Å². The Hall–Kier alpha value is -3.42. The molecule has 0 aliphatic rings. The first-order valence-corrected chi connectivity index (χ1v) is 7.92. The van der Waals surface area contributed by atoms with Crippen molar-refractivity contribution in [1.82, 2.24) is 20.3 Å². The Morgan fingerprint density at radius 2 is 1.96 bits per heavy atom. The largest absolute Gasteiger partial charge is 0.496 e. The summed E-state index contributed by atoms with van der Waals surface area (Å²) in [5.74, 6) is 0.0723. The number of hydrogen-bond donors (Lipinski definition) is 2. The molecular formula is C18H18FN5O2. The number of benzene rings is 2. The quantitative estimate of drug-likeness (QED) is 0.705. The lowest BCUT2D eigenvalue weighted by atomic mass is 10.2. The minimum absolute atomic E-state index is 0.0435. The number of amides is 1. The van der Waals surface area contributed by atoms with Crippen LogP contribution in [0.25, 0.3) is 0 Å². The number of methoxy groups -OCH3 is 1. The summed E-state index contributed by atoms with van der Waals surface area (Å²) in [6.45, 7) is 0.562. The predicted molar refractivity (Wildman–Crippen MR) is 94.1 cm³/mol. The van der Waals surface area contributed by atoms with Crippen molar-refractivity contribution in [2.24, 2.45) is 0 Å². The number of aromatic nitrogens is 3. The molecular weight excluding hydrogens is 337 g/mol. The Morgan fingerprint density at radius 3 is 2.69 bits per heavy atom. The molecule has 26 heavy (non-hydrogen) atoms. The summed E-state index contributed by atoms with van der Waals surface area (Å²) >= 11 is 0. The second kappa shape index (κ2) is 7.64. The minimum Gasteiger partial charge on any atom is -0.496 e. The molecule has 3 aromatic rings. The SMILES string of the molecule is COc1ccccc1CNC(=O)c1nnn(Cc2ccc(F)cc2)c1N. The summed E-state index contributed by atoms with van der Waals surface area (Å²) in [7, 11) is 1.57. The van der Waals surface area contributed by atoms with Crippen molar-refractivity contribution in [3.05, 3.63) is 71.2 Å². The molecule has 0 aliphatic carbocycles. The number of para-hydroxylation sites is 1. The van der Waals surface area contributed by atoms with Gasteiger partial charge in [0.15, 0.2) is 11.5 Å². The fraction of sp³-hybridized carbons (Fsp3) is 0.167. The molecule has 8 heteroatoms. The van der Waals surface area contributed by atoms with Crippen molar-refractivity contribution < 1.29 is 13.9 Å². The molecule has 0 atom stereocenters. The van der Waals surface area contributed by atoms with Crippen LogP contribution in [0.5, 0.6) is 5.75 Å². The van der Waals surface area contributed by atoms with Gasteiger partial charge in [0, 0.05) is 12.1 Å². The number of nitrogen functional groups attached to an aromatic ring is 1. The summed E-state index contributed by atoms with van der Waals surface area (Å²) in [6, 6.07) is 13.3. The highest BCUT2D eigenvalue weighted by Gasteiger charge is 2.18. The molecule has 7 nitrogen and oxygen atoms in total. The fourth-order valence-electron chi connectivity index (χ4n) is 2.47. The molecule has 1 aromatic heterocycles. The van der Waals surface area contributed by atoms with Crippen LogP contribution in [0.3, 0.4) is 0 Å². The Bertz CT molecular complexity index is 908. The highest BCUT2D eigenvalue weighted by atomic mass is 19.1. The van der Waals surface area contributed by atoms with E-state index >= 15 is 0 Å². The smallest absolute Gasteiger partial charge is 0.275 e. The molecule has 0 radical (unpaired) electrons. The van der Waals surface area contributed by atoms with Crippen molar-refractivity contribution in [3.8, 4) is 5.75 Å². The van der Waals surface area contributed by atoms with Gasteiger partial charge < -0.3 is 15.8 Å². The van der Waals surface area contributed by atoms with Crippen molar-refractivity contribution in [3.63, 3.8) is 0 Å². The second-order valence-electron chi connectivity index (χ2n) is 5.60. The summed E-state index contributed by atoms with van der Waals surface area (Å²) in [5, 5.41) is 10.5. The Morgan fingerprint density at radius 1 is 1.23 bits per heavy atom. The van der Waals surface area contributed by atoms with Crippen molar-refractivity contribution >= 4 is 11.7 Å². The molecule has 0 aliphatic heterocycles. The number of anilines is 1. The average molecular weight is 355 g/mol. The zero-order valence-electron chi connectivity index (χ0n) is 14.1. The maximum Gasteiger partial charge on any atom is 0.275 e. The number of carbonyl (C=O) groups is 1. The first-order chi connectivity index (χ1) is 12.6. The van der Waals surface area contributed by atoms with Gasteiger partial charge in [-0.2, -0.15) is 0 Å². The molecule has 0 bridgehead atoms. The summed E-state index contributed by atoms with van der Waals surface area (Å²) < 4.78 is 19.6. The van der Waals surface area contributed by atoms with E-state index in [-0.39, 0.29) is 23.9 Å². The predicted octanol–water partition coefficient (Wildman–Crippen LogP) is 1.99. The molecule has 3 rings (SSSR count). The van der Waals surface area contributed by atoms with Crippen molar-refractivity contribution in [1.29, 1.82) is 0 Å². The van der Waals surface area contributed by atoms with Gasteiger partial charge >= 0.3 is 0 Å². The molecule has 1 amide bonds. The van der Waals surface area contributed by atoms with E-state index in [0.29, 0.717) is 12.3 Å².